The standard InChI is InChI=1S/C21H28F5NO4/c1-19(2,3)30-17(28)15(27(7)18(29)31-20(4,5)6)9-8-12-10-13(22)16(14(23)11-12)21(24,25)26/h10-11,15H,8-9H2,1-7H3. The number of benzene rings is 1. The van der Waals surface area contributed by atoms with Gasteiger partial charge in [-0.25, -0.2) is 18.4 Å². The number of amides is 1. The second-order valence-corrected chi connectivity index (χ2v) is 9.11. The van der Waals surface area contributed by atoms with Crippen LogP contribution in [-0.2, 0) is 26.9 Å². The van der Waals surface area contributed by atoms with Crippen LogP contribution >= 0.6 is 0 Å². The molecule has 0 aliphatic rings. The predicted molar refractivity (Wildman–Crippen MR) is 103 cm³/mol. The van der Waals surface area contributed by atoms with Gasteiger partial charge in [-0.15, -0.1) is 0 Å². The normalized spacial score (nSPS) is 13.5. The van der Waals surface area contributed by atoms with E-state index in [4.69, 9.17) is 9.47 Å². The molecule has 1 rings (SSSR count). The summed E-state index contributed by atoms with van der Waals surface area (Å²) in [6.45, 7) is 9.76. The van der Waals surface area contributed by atoms with Gasteiger partial charge in [0.25, 0.3) is 0 Å². The van der Waals surface area contributed by atoms with Gasteiger partial charge >= 0.3 is 18.2 Å². The van der Waals surface area contributed by atoms with Gasteiger partial charge in [0.05, 0.1) is 0 Å². The molecule has 0 spiro atoms. The molecule has 0 bridgehead atoms. The third-order valence-electron chi connectivity index (χ3n) is 3.92. The molecule has 176 valence electrons. The molecule has 0 saturated heterocycles. The number of hydrogen-bond donors (Lipinski definition) is 0. The molecule has 1 aromatic carbocycles. The zero-order valence-corrected chi connectivity index (χ0v) is 18.6. The van der Waals surface area contributed by atoms with E-state index in [-0.39, 0.29) is 18.4 Å². The molecule has 0 N–H and O–H groups in total. The fourth-order valence-corrected chi connectivity index (χ4v) is 2.64. The summed E-state index contributed by atoms with van der Waals surface area (Å²) in [5.41, 5.74) is -3.81. The van der Waals surface area contributed by atoms with E-state index in [2.05, 4.69) is 0 Å². The topological polar surface area (TPSA) is 55.8 Å². The molecule has 5 nitrogen and oxygen atoms in total. The molecule has 10 heteroatoms. The van der Waals surface area contributed by atoms with Gasteiger partial charge in [0.1, 0.15) is 34.4 Å². The molecule has 1 aromatic rings. The number of hydrogen-bond acceptors (Lipinski definition) is 4. The van der Waals surface area contributed by atoms with Crippen molar-refractivity contribution in [2.75, 3.05) is 7.05 Å². The molecular formula is C21H28F5NO4. The van der Waals surface area contributed by atoms with Crippen LogP contribution in [-0.4, -0.2) is 41.3 Å². The summed E-state index contributed by atoms with van der Waals surface area (Å²) in [5, 5.41) is 0. The number of aryl methyl sites for hydroxylation is 1. The summed E-state index contributed by atoms with van der Waals surface area (Å²) in [6, 6.07) is -0.0701. The summed E-state index contributed by atoms with van der Waals surface area (Å²) >= 11 is 0. The number of nitrogens with zero attached hydrogens (tertiary/aromatic N) is 1. The minimum atomic E-state index is -5.18. The Bertz CT molecular complexity index is 786. The van der Waals surface area contributed by atoms with E-state index in [0.29, 0.717) is 12.1 Å². The molecule has 1 amide bonds. The first-order chi connectivity index (χ1) is 13.8. The number of carbonyl (C=O) groups is 2. The van der Waals surface area contributed by atoms with E-state index in [9.17, 15) is 31.5 Å². The predicted octanol–water partition coefficient (Wildman–Crippen LogP) is 5.49. The summed E-state index contributed by atoms with van der Waals surface area (Å²) in [7, 11) is 1.30. The Morgan fingerprint density at radius 2 is 1.39 bits per heavy atom. The van der Waals surface area contributed by atoms with Crippen molar-refractivity contribution in [1.82, 2.24) is 4.90 Å². The van der Waals surface area contributed by atoms with Crippen molar-refractivity contribution < 1.29 is 41.0 Å². The fraction of sp³-hybridized carbons (Fsp3) is 0.619. The van der Waals surface area contributed by atoms with Crippen LogP contribution in [0.2, 0.25) is 0 Å². The zero-order valence-electron chi connectivity index (χ0n) is 18.6. The number of carbonyl (C=O) groups excluding carboxylic acids is 2. The Morgan fingerprint density at radius 1 is 0.935 bits per heavy atom. The Kier molecular flexibility index (Phi) is 8.08. The van der Waals surface area contributed by atoms with E-state index in [1.165, 1.54) is 7.05 Å². The second-order valence-electron chi connectivity index (χ2n) is 9.11. The van der Waals surface area contributed by atoms with Crippen molar-refractivity contribution in [3.8, 4) is 0 Å². The third kappa shape index (κ3) is 8.34. The van der Waals surface area contributed by atoms with Crippen LogP contribution in [0.3, 0.4) is 0 Å². The van der Waals surface area contributed by atoms with E-state index >= 15 is 0 Å². The fourth-order valence-electron chi connectivity index (χ4n) is 2.64. The van der Waals surface area contributed by atoms with Gasteiger partial charge in [0.2, 0.25) is 0 Å². The Hall–Kier alpha value is -2.39. The Morgan fingerprint density at radius 3 is 1.77 bits per heavy atom. The molecular weight excluding hydrogens is 425 g/mol. The minimum absolute atomic E-state index is 0.103. The average Bonchev–Trinajstić information content (AvgIpc) is 2.49. The van der Waals surface area contributed by atoms with Crippen LogP contribution in [0, 0.1) is 11.6 Å². The molecule has 31 heavy (non-hydrogen) atoms. The lowest BCUT2D eigenvalue weighted by Crippen LogP contribution is -2.47. The highest BCUT2D eigenvalue weighted by Crippen LogP contribution is 2.34. The molecule has 1 unspecified atom stereocenters. The molecule has 0 saturated carbocycles. The maximum Gasteiger partial charge on any atom is 0.422 e. The van der Waals surface area contributed by atoms with Gasteiger partial charge in [-0.2, -0.15) is 13.2 Å². The summed E-state index contributed by atoms with van der Waals surface area (Å²) < 4.78 is 76.5. The molecule has 0 aromatic heterocycles. The van der Waals surface area contributed by atoms with Gasteiger partial charge in [-0.05, 0) is 72.1 Å². The first-order valence-corrected chi connectivity index (χ1v) is 9.55. The monoisotopic (exact) mass is 453 g/mol. The van der Waals surface area contributed by atoms with Crippen LogP contribution in [0.15, 0.2) is 12.1 Å². The van der Waals surface area contributed by atoms with Crippen molar-refractivity contribution in [3.63, 3.8) is 0 Å². The van der Waals surface area contributed by atoms with E-state index < -0.39 is 52.7 Å². The lowest BCUT2D eigenvalue weighted by Gasteiger charge is -2.31. The molecule has 0 fully saturated rings. The van der Waals surface area contributed by atoms with Crippen LogP contribution in [0.25, 0.3) is 0 Å². The van der Waals surface area contributed by atoms with Crippen molar-refractivity contribution in [2.45, 2.75) is 77.8 Å². The number of halogens is 5. The molecule has 0 heterocycles. The van der Waals surface area contributed by atoms with Gasteiger partial charge in [0, 0.05) is 7.05 Å². The Balaban J connectivity index is 3.13. The molecule has 0 aliphatic heterocycles. The van der Waals surface area contributed by atoms with Crippen molar-refractivity contribution in [3.05, 3.63) is 34.9 Å². The summed E-state index contributed by atoms with van der Waals surface area (Å²) in [5.74, 6) is -4.29. The number of likely N-dealkylation sites (N-methyl/N-ethyl adjacent to an activating group) is 1. The SMILES string of the molecule is CN(C(=O)OC(C)(C)C)C(CCc1cc(F)c(C(F)(F)F)c(F)c1)C(=O)OC(C)(C)C. The number of alkyl halides is 3. The minimum Gasteiger partial charge on any atom is -0.458 e. The second kappa shape index (κ2) is 9.40. The van der Waals surface area contributed by atoms with Gasteiger partial charge < -0.3 is 9.47 Å². The highest BCUT2D eigenvalue weighted by atomic mass is 19.4. The van der Waals surface area contributed by atoms with Crippen molar-refractivity contribution >= 4 is 12.1 Å². The van der Waals surface area contributed by atoms with Crippen molar-refractivity contribution in [1.29, 1.82) is 0 Å². The third-order valence-corrected chi connectivity index (χ3v) is 3.92. The van der Waals surface area contributed by atoms with E-state index in [0.717, 1.165) is 4.90 Å². The maximum atomic E-state index is 13.8. The van der Waals surface area contributed by atoms with Gasteiger partial charge in [-0.3, -0.25) is 4.90 Å². The lowest BCUT2D eigenvalue weighted by atomic mass is 10.0. The van der Waals surface area contributed by atoms with Crippen molar-refractivity contribution in [2.24, 2.45) is 0 Å². The van der Waals surface area contributed by atoms with Gasteiger partial charge in [-0.1, -0.05) is 0 Å². The number of esters is 1. The van der Waals surface area contributed by atoms with Crippen LogP contribution in [0.1, 0.15) is 59.1 Å². The quantitative estimate of drug-likeness (QED) is 0.437. The number of rotatable bonds is 5. The van der Waals surface area contributed by atoms with E-state index in [1.807, 2.05) is 0 Å². The first kappa shape index (κ1) is 26.6. The van der Waals surface area contributed by atoms with Crippen LogP contribution in [0.5, 0.6) is 0 Å². The summed E-state index contributed by atoms with van der Waals surface area (Å²) in [4.78, 5) is 26.0. The summed E-state index contributed by atoms with van der Waals surface area (Å²) in [6.07, 6.45) is -6.35. The average molecular weight is 453 g/mol. The highest BCUT2D eigenvalue weighted by Gasteiger charge is 2.38. The van der Waals surface area contributed by atoms with E-state index in [1.54, 1.807) is 41.5 Å². The smallest absolute Gasteiger partial charge is 0.422 e. The highest BCUT2D eigenvalue weighted by molar-refractivity contribution is 5.81. The van der Waals surface area contributed by atoms with Crippen LogP contribution in [0.4, 0.5) is 26.7 Å². The number of ether oxygens (including phenoxy) is 2. The van der Waals surface area contributed by atoms with Gasteiger partial charge in [0.15, 0.2) is 0 Å². The zero-order chi connectivity index (χ0) is 24.4. The molecule has 1 atom stereocenters. The lowest BCUT2D eigenvalue weighted by molar-refractivity contribution is -0.161. The molecule has 0 aliphatic carbocycles. The largest absolute Gasteiger partial charge is 0.458 e. The molecule has 0 radical (unpaired) electrons. The van der Waals surface area contributed by atoms with Crippen LogP contribution < -0.4 is 0 Å². The Labute approximate surface area is 178 Å². The maximum absolute atomic E-state index is 13.8. The first-order valence-electron chi connectivity index (χ1n) is 9.55.